The van der Waals surface area contributed by atoms with Crippen LogP contribution < -0.4 is 33.2 Å². The van der Waals surface area contributed by atoms with Crippen molar-refractivity contribution in [3.63, 3.8) is 0 Å². The molecule has 4 rings (SSSR count). The van der Waals surface area contributed by atoms with Crippen LogP contribution in [-0.4, -0.2) is 119 Å². The van der Waals surface area contributed by atoms with Crippen molar-refractivity contribution in [3.8, 4) is 46.0 Å². The molecule has 0 saturated heterocycles. The molecule has 0 spiro atoms. The Morgan fingerprint density at radius 2 is 0.750 bits per heavy atom. The molecule has 16 heteroatoms. The van der Waals surface area contributed by atoms with Gasteiger partial charge in [0.05, 0.1) is 54.4 Å². The van der Waals surface area contributed by atoms with E-state index < -0.39 is 62.5 Å². The molecule has 306 valence electrons. The van der Waals surface area contributed by atoms with E-state index in [9.17, 15) is 40.9 Å². The largest absolute Gasteiger partial charge is 0.504 e. The van der Waals surface area contributed by atoms with Crippen LogP contribution >= 0.6 is 0 Å². The van der Waals surface area contributed by atoms with Crippen molar-refractivity contribution in [2.45, 2.75) is 49.1 Å². The third-order valence-corrected chi connectivity index (χ3v) is 9.01. The zero-order chi connectivity index (χ0) is 40.9. The summed E-state index contributed by atoms with van der Waals surface area (Å²) in [5.74, 6) is 0.925. The highest BCUT2D eigenvalue weighted by Crippen LogP contribution is 2.39. The number of phenols is 1. The van der Waals surface area contributed by atoms with Crippen LogP contribution in [0.3, 0.4) is 0 Å². The second kappa shape index (κ2) is 20.8. The Balaban J connectivity index is 1.49. The van der Waals surface area contributed by atoms with Crippen molar-refractivity contribution in [2.24, 2.45) is 0 Å². The van der Waals surface area contributed by atoms with Crippen LogP contribution in [0.15, 0.2) is 72.8 Å². The van der Waals surface area contributed by atoms with E-state index in [1.807, 2.05) is 0 Å². The van der Waals surface area contributed by atoms with Gasteiger partial charge in [0, 0.05) is 13.0 Å². The summed E-state index contributed by atoms with van der Waals surface area (Å²) in [6, 6.07) is 17.7. The molecular weight excluding hydrogens is 736 g/mol. The number of hydrogen-bond acceptors (Lipinski definition) is 16. The number of aliphatic hydroxyl groups excluding tert-OH is 8. The van der Waals surface area contributed by atoms with Gasteiger partial charge in [0.25, 0.3) is 0 Å². The van der Waals surface area contributed by atoms with E-state index in [2.05, 4.69) is 0 Å². The average molecular weight is 787 g/mol. The topological polar surface area (TPSA) is 247 Å². The van der Waals surface area contributed by atoms with Gasteiger partial charge >= 0.3 is 0 Å². The average Bonchev–Trinajstić information content (AvgIpc) is 3.23. The molecule has 0 aromatic heterocycles. The molecule has 1 unspecified atom stereocenters. The Labute approximate surface area is 323 Å². The Kier molecular flexibility index (Phi) is 16.2. The van der Waals surface area contributed by atoms with E-state index in [1.54, 1.807) is 6.07 Å². The number of phenolic OH excluding ortho intramolecular Hbond substituents is 1. The van der Waals surface area contributed by atoms with Gasteiger partial charge in [-0.2, -0.15) is 0 Å². The first-order valence-corrected chi connectivity index (χ1v) is 17.5. The number of aliphatic hydroxyl groups is 8. The van der Waals surface area contributed by atoms with E-state index in [1.165, 1.54) is 95.2 Å². The first-order chi connectivity index (χ1) is 27.0. The quantitative estimate of drug-likeness (QED) is 0.0555. The van der Waals surface area contributed by atoms with Crippen LogP contribution in [0.25, 0.3) is 0 Å². The lowest BCUT2D eigenvalue weighted by Crippen LogP contribution is -2.30. The van der Waals surface area contributed by atoms with E-state index in [0.717, 1.165) is 0 Å². The van der Waals surface area contributed by atoms with Crippen LogP contribution in [0.4, 0.5) is 0 Å². The monoisotopic (exact) mass is 786 g/mol. The minimum atomic E-state index is -1.42. The van der Waals surface area contributed by atoms with E-state index in [-0.39, 0.29) is 70.2 Å². The summed E-state index contributed by atoms with van der Waals surface area (Å²) in [4.78, 5) is 0. The number of hydrogen-bond donors (Lipinski definition) is 9. The van der Waals surface area contributed by atoms with Gasteiger partial charge in [-0.05, 0) is 70.8 Å². The molecule has 7 atom stereocenters. The summed E-state index contributed by atoms with van der Waals surface area (Å²) < 4.78 is 39.3. The van der Waals surface area contributed by atoms with E-state index in [0.29, 0.717) is 11.1 Å². The lowest BCUT2D eigenvalue weighted by Gasteiger charge is -2.27. The molecule has 0 aliphatic carbocycles. The summed E-state index contributed by atoms with van der Waals surface area (Å²) in [5, 5.41) is 93.2. The minimum absolute atomic E-state index is 0.110. The van der Waals surface area contributed by atoms with E-state index >= 15 is 0 Å². The molecule has 0 aliphatic rings. The summed E-state index contributed by atoms with van der Waals surface area (Å²) in [5.41, 5.74) is 1.34. The number of aromatic hydroxyl groups is 1. The number of methoxy groups -OCH3 is 4. The normalized spacial score (nSPS) is 15.1. The van der Waals surface area contributed by atoms with Crippen molar-refractivity contribution < 1.29 is 79.1 Å². The summed E-state index contributed by atoms with van der Waals surface area (Å²) in [7, 11) is 5.48. The van der Waals surface area contributed by atoms with Crippen LogP contribution in [0.2, 0.25) is 0 Å². The Hall–Kier alpha value is -5.04. The van der Waals surface area contributed by atoms with Crippen LogP contribution in [-0.2, 0) is 0 Å². The number of rotatable bonds is 22. The van der Waals surface area contributed by atoms with Crippen molar-refractivity contribution in [1.29, 1.82) is 0 Å². The van der Waals surface area contributed by atoms with E-state index in [4.69, 9.17) is 38.3 Å². The summed E-state index contributed by atoms with van der Waals surface area (Å²) in [6.07, 6.45) is -8.50. The zero-order valence-corrected chi connectivity index (χ0v) is 31.4. The zero-order valence-electron chi connectivity index (χ0n) is 31.4. The third kappa shape index (κ3) is 10.4. The van der Waals surface area contributed by atoms with Gasteiger partial charge in [-0.3, -0.25) is 0 Å². The maximum absolute atomic E-state index is 11.3. The van der Waals surface area contributed by atoms with Gasteiger partial charge in [-0.1, -0.05) is 24.3 Å². The molecule has 0 bridgehead atoms. The SMILES string of the molecule is COc1cc([C@H](O)[C@@H](CO)Oc2ccc([C@H](O)[C@@H](CO)Oc3ccc([C@H](O)[C@@H](CO)Oc4ccc(C(O)CCO)cc4OC)cc3OC)cc2OC)ccc1O. The van der Waals surface area contributed by atoms with Gasteiger partial charge in [-0.15, -0.1) is 0 Å². The molecule has 0 amide bonds. The molecule has 56 heavy (non-hydrogen) atoms. The fourth-order valence-electron chi connectivity index (χ4n) is 5.82. The molecule has 0 fully saturated rings. The van der Waals surface area contributed by atoms with Crippen molar-refractivity contribution in [2.75, 3.05) is 54.9 Å². The molecule has 0 radical (unpaired) electrons. The Morgan fingerprint density at radius 1 is 0.429 bits per heavy atom. The predicted octanol–water partition coefficient (Wildman–Crippen LogP) is 2.26. The highest BCUT2D eigenvalue weighted by Gasteiger charge is 2.29. The molecule has 0 saturated carbocycles. The Morgan fingerprint density at radius 3 is 1.09 bits per heavy atom. The molecule has 16 nitrogen and oxygen atoms in total. The van der Waals surface area contributed by atoms with Gasteiger partial charge < -0.3 is 79.1 Å². The molecule has 4 aromatic rings. The molecule has 0 aliphatic heterocycles. The fourth-order valence-corrected chi connectivity index (χ4v) is 5.82. The van der Waals surface area contributed by atoms with Crippen molar-refractivity contribution in [1.82, 2.24) is 0 Å². The van der Waals surface area contributed by atoms with Crippen molar-refractivity contribution >= 4 is 0 Å². The van der Waals surface area contributed by atoms with Crippen LogP contribution in [0.5, 0.6) is 46.0 Å². The van der Waals surface area contributed by atoms with Crippen LogP contribution in [0, 0.1) is 0 Å². The minimum Gasteiger partial charge on any atom is -0.504 e. The lowest BCUT2D eigenvalue weighted by atomic mass is 10.0. The first kappa shape index (κ1) is 43.7. The van der Waals surface area contributed by atoms with Crippen LogP contribution in [0.1, 0.15) is 53.1 Å². The fraction of sp³-hybridized carbons (Fsp3) is 0.400. The molecule has 0 heterocycles. The first-order valence-electron chi connectivity index (χ1n) is 17.5. The summed E-state index contributed by atoms with van der Waals surface area (Å²) >= 11 is 0. The Bertz CT molecular complexity index is 1840. The number of benzene rings is 4. The second-order valence-electron chi connectivity index (χ2n) is 12.5. The highest BCUT2D eigenvalue weighted by atomic mass is 16.6. The van der Waals surface area contributed by atoms with Gasteiger partial charge in [-0.25, -0.2) is 0 Å². The highest BCUT2D eigenvalue weighted by molar-refractivity contribution is 5.47. The third-order valence-electron chi connectivity index (χ3n) is 9.01. The number of ether oxygens (including phenoxy) is 7. The standard InChI is InChI=1S/C40H50O16/c1-50-31-16-23(5-9-27(31)46)38(47)35(19-42)55-29-11-7-25(18-33(29)52-3)40(49)37(21-44)56-30-12-8-24(17-34(30)53-4)39(48)36(20-43)54-28-10-6-22(15-32(28)51-2)26(45)13-14-41/h5-12,15-18,26,35-49H,13-14,19-21H2,1-4H3/t26?,35-,36-,37-,38+,39+,40+/m1/s1. The smallest absolute Gasteiger partial charge is 0.161 e. The predicted molar refractivity (Wildman–Crippen MR) is 200 cm³/mol. The summed E-state index contributed by atoms with van der Waals surface area (Å²) in [6.45, 7) is -2.04. The van der Waals surface area contributed by atoms with Crippen molar-refractivity contribution in [3.05, 3.63) is 95.1 Å². The maximum Gasteiger partial charge on any atom is 0.161 e. The second-order valence-corrected chi connectivity index (χ2v) is 12.5. The molecule has 4 aromatic carbocycles. The van der Waals surface area contributed by atoms with Gasteiger partial charge in [0.2, 0.25) is 0 Å². The molecular formula is C40H50O16. The lowest BCUT2D eigenvalue weighted by molar-refractivity contribution is -0.00353. The van der Waals surface area contributed by atoms with Gasteiger partial charge in [0.15, 0.2) is 64.3 Å². The maximum atomic E-state index is 11.3. The van der Waals surface area contributed by atoms with Gasteiger partial charge in [0.1, 0.15) is 18.3 Å². The molecule has 9 N–H and O–H groups in total.